The van der Waals surface area contributed by atoms with Crippen molar-refractivity contribution in [2.75, 3.05) is 13.6 Å². The molecule has 0 radical (unpaired) electrons. The fourth-order valence-corrected chi connectivity index (χ4v) is 3.06. The van der Waals surface area contributed by atoms with Crippen LogP contribution in [-0.4, -0.2) is 39.3 Å². The zero-order chi connectivity index (χ0) is 16.4. The highest BCUT2D eigenvalue weighted by Crippen LogP contribution is 2.28. The molecule has 0 fully saturated rings. The van der Waals surface area contributed by atoms with Crippen molar-refractivity contribution in [2.45, 2.75) is 32.2 Å². The first-order valence-electron chi connectivity index (χ1n) is 7.80. The molecule has 0 amide bonds. The number of carboxylic acid groups (broad SMARTS) is 1. The predicted octanol–water partition coefficient (Wildman–Crippen LogP) is 2.41. The molecule has 23 heavy (non-hydrogen) atoms. The van der Waals surface area contributed by atoms with Crippen molar-refractivity contribution in [3.05, 3.63) is 47.0 Å². The van der Waals surface area contributed by atoms with Gasteiger partial charge in [0.05, 0.1) is 17.8 Å². The average Bonchev–Trinajstić information content (AvgIpc) is 3.10. The van der Waals surface area contributed by atoms with Gasteiger partial charge in [-0.05, 0) is 56.1 Å². The highest BCUT2D eigenvalue weighted by molar-refractivity contribution is 5.66. The van der Waals surface area contributed by atoms with Gasteiger partial charge in [0.1, 0.15) is 5.82 Å². The zero-order valence-electron chi connectivity index (χ0n) is 13.1. The van der Waals surface area contributed by atoms with Gasteiger partial charge >= 0.3 is 5.97 Å². The summed E-state index contributed by atoms with van der Waals surface area (Å²) in [7, 11) is 1.90. The van der Waals surface area contributed by atoms with Crippen LogP contribution < -0.4 is 0 Å². The maximum absolute atomic E-state index is 13.1. The Bertz CT molecular complexity index is 709. The number of fused-ring (bicyclic) bond motifs is 1. The van der Waals surface area contributed by atoms with Crippen LogP contribution in [0.4, 0.5) is 4.39 Å². The van der Waals surface area contributed by atoms with Crippen molar-refractivity contribution in [3.8, 4) is 5.69 Å². The lowest BCUT2D eigenvalue weighted by molar-refractivity contribution is -0.137. The summed E-state index contributed by atoms with van der Waals surface area (Å²) in [5, 5.41) is 13.5. The fraction of sp³-hybridized carbons (Fsp3) is 0.412. The Hall–Kier alpha value is -2.21. The minimum atomic E-state index is -0.793. The molecule has 1 aromatic carbocycles. The normalized spacial score (nSPS) is 13.5. The Morgan fingerprint density at radius 3 is 2.78 bits per heavy atom. The number of nitrogens with zero attached hydrogens (tertiary/aromatic N) is 3. The van der Waals surface area contributed by atoms with E-state index in [2.05, 4.69) is 0 Å². The van der Waals surface area contributed by atoms with Gasteiger partial charge in [-0.3, -0.25) is 9.69 Å². The molecule has 1 aromatic heterocycles. The van der Waals surface area contributed by atoms with Crippen LogP contribution in [0.3, 0.4) is 0 Å². The second kappa shape index (κ2) is 6.50. The van der Waals surface area contributed by atoms with Crippen molar-refractivity contribution in [1.29, 1.82) is 0 Å². The third-order valence-electron chi connectivity index (χ3n) is 4.21. The molecule has 0 spiro atoms. The van der Waals surface area contributed by atoms with Crippen molar-refractivity contribution in [1.82, 2.24) is 14.7 Å². The summed E-state index contributed by atoms with van der Waals surface area (Å²) in [6.45, 7) is 1.12. The van der Waals surface area contributed by atoms with E-state index < -0.39 is 5.97 Å². The lowest BCUT2D eigenvalue weighted by Crippen LogP contribution is -2.22. The standard InChI is InChI=1S/C17H20FN3O2/c1-20(10-9-17(22)23)11-15-14-3-2-4-16(14)21(19-15)13-7-5-12(18)6-8-13/h5-8H,2-4,9-11H2,1H3,(H,22,23). The zero-order valence-corrected chi connectivity index (χ0v) is 13.1. The molecule has 1 heterocycles. The molecule has 6 heteroatoms. The largest absolute Gasteiger partial charge is 0.481 e. The first kappa shape index (κ1) is 15.7. The van der Waals surface area contributed by atoms with Gasteiger partial charge in [-0.2, -0.15) is 5.10 Å². The first-order chi connectivity index (χ1) is 11.0. The lowest BCUT2D eigenvalue weighted by atomic mass is 10.2. The quantitative estimate of drug-likeness (QED) is 0.889. The molecule has 1 N–H and O–H groups in total. The summed E-state index contributed by atoms with van der Waals surface area (Å²) in [4.78, 5) is 12.7. The highest BCUT2D eigenvalue weighted by Gasteiger charge is 2.23. The van der Waals surface area contributed by atoms with Crippen LogP contribution in [0.15, 0.2) is 24.3 Å². The van der Waals surface area contributed by atoms with Gasteiger partial charge in [0.25, 0.3) is 0 Å². The van der Waals surface area contributed by atoms with Crippen LogP contribution in [0.1, 0.15) is 29.8 Å². The number of hydrogen-bond donors (Lipinski definition) is 1. The molecule has 3 rings (SSSR count). The van der Waals surface area contributed by atoms with Crippen LogP contribution in [0.2, 0.25) is 0 Å². The summed E-state index contributed by atoms with van der Waals surface area (Å²) in [5.74, 6) is -1.05. The Labute approximate surface area is 134 Å². The molecule has 0 unspecified atom stereocenters. The minimum absolute atomic E-state index is 0.122. The van der Waals surface area contributed by atoms with E-state index in [0.717, 1.165) is 30.6 Å². The van der Waals surface area contributed by atoms with E-state index in [-0.39, 0.29) is 12.2 Å². The second-order valence-corrected chi connectivity index (χ2v) is 6.00. The van der Waals surface area contributed by atoms with Crippen LogP contribution in [-0.2, 0) is 24.2 Å². The molecule has 1 aliphatic rings. The lowest BCUT2D eigenvalue weighted by Gasteiger charge is -2.14. The van der Waals surface area contributed by atoms with E-state index in [1.54, 1.807) is 12.1 Å². The maximum atomic E-state index is 13.1. The molecule has 2 aromatic rings. The third-order valence-corrected chi connectivity index (χ3v) is 4.21. The Kier molecular flexibility index (Phi) is 4.43. The highest BCUT2D eigenvalue weighted by atomic mass is 19.1. The third kappa shape index (κ3) is 3.42. The number of aromatic nitrogens is 2. The Balaban J connectivity index is 1.83. The Morgan fingerprint density at radius 2 is 2.09 bits per heavy atom. The molecule has 1 aliphatic carbocycles. The fourth-order valence-electron chi connectivity index (χ4n) is 3.06. The summed E-state index contributed by atoms with van der Waals surface area (Å²) < 4.78 is 15.0. The van der Waals surface area contributed by atoms with E-state index in [0.29, 0.717) is 13.1 Å². The molecular weight excluding hydrogens is 297 g/mol. The number of halogens is 1. The average molecular weight is 317 g/mol. The smallest absolute Gasteiger partial charge is 0.304 e. The molecular formula is C17H20FN3O2. The first-order valence-corrected chi connectivity index (χ1v) is 7.80. The van der Waals surface area contributed by atoms with E-state index in [9.17, 15) is 9.18 Å². The number of rotatable bonds is 6. The molecule has 0 atom stereocenters. The van der Waals surface area contributed by atoms with Crippen molar-refractivity contribution >= 4 is 5.97 Å². The number of carbonyl (C=O) groups is 1. The van der Waals surface area contributed by atoms with E-state index in [4.69, 9.17) is 10.2 Å². The summed E-state index contributed by atoms with van der Waals surface area (Å²) in [6, 6.07) is 6.35. The number of hydrogen-bond acceptors (Lipinski definition) is 3. The van der Waals surface area contributed by atoms with Gasteiger partial charge in [0.15, 0.2) is 0 Å². The second-order valence-electron chi connectivity index (χ2n) is 6.00. The number of benzene rings is 1. The predicted molar refractivity (Wildman–Crippen MR) is 84.1 cm³/mol. The minimum Gasteiger partial charge on any atom is -0.481 e. The summed E-state index contributed by atoms with van der Waals surface area (Å²) in [6.07, 6.45) is 3.19. The molecule has 0 saturated carbocycles. The molecule has 122 valence electrons. The van der Waals surface area contributed by atoms with E-state index >= 15 is 0 Å². The molecule has 0 aliphatic heterocycles. The van der Waals surface area contributed by atoms with E-state index in [1.165, 1.54) is 23.4 Å². The number of carboxylic acids is 1. The molecule has 5 nitrogen and oxygen atoms in total. The SMILES string of the molecule is CN(CCC(=O)O)Cc1nn(-c2ccc(F)cc2)c2c1CCC2. The van der Waals surface area contributed by atoms with Gasteiger partial charge in [0, 0.05) is 18.8 Å². The van der Waals surface area contributed by atoms with Crippen LogP contribution >= 0.6 is 0 Å². The van der Waals surface area contributed by atoms with Gasteiger partial charge in [0.2, 0.25) is 0 Å². The van der Waals surface area contributed by atoms with Crippen molar-refractivity contribution < 1.29 is 14.3 Å². The van der Waals surface area contributed by atoms with Crippen LogP contribution in [0.5, 0.6) is 0 Å². The van der Waals surface area contributed by atoms with Crippen molar-refractivity contribution in [2.24, 2.45) is 0 Å². The van der Waals surface area contributed by atoms with E-state index in [1.807, 2.05) is 16.6 Å². The topological polar surface area (TPSA) is 58.4 Å². The van der Waals surface area contributed by atoms with Gasteiger partial charge in [-0.25, -0.2) is 9.07 Å². The van der Waals surface area contributed by atoms with Gasteiger partial charge in [-0.15, -0.1) is 0 Å². The van der Waals surface area contributed by atoms with Crippen LogP contribution in [0.25, 0.3) is 5.69 Å². The summed E-state index contributed by atoms with van der Waals surface area (Å²) >= 11 is 0. The molecule has 0 bridgehead atoms. The number of aliphatic carboxylic acids is 1. The summed E-state index contributed by atoms with van der Waals surface area (Å²) in [5.41, 5.74) is 4.31. The maximum Gasteiger partial charge on any atom is 0.304 e. The van der Waals surface area contributed by atoms with Gasteiger partial charge in [-0.1, -0.05) is 0 Å². The molecule has 0 saturated heterocycles. The van der Waals surface area contributed by atoms with Crippen LogP contribution in [0, 0.1) is 5.82 Å². The Morgan fingerprint density at radius 1 is 1.35 bits per heavy atom. The van der Waals surface area contributed by atoms with Gasteiger partial charge < -0.3 is 5.11 Å². The van der Waals surface area contributed by atoms with Crippen molar-refractivity contribution in [3.63, 3.8) is 0 Å². The monoisotopic (exact) mass is 317 g/mol.